The average molecular weight is 300 g/mol. The van der Waals surface area contributed by atoms with Crippen LogP contribution in [0.1, 0.15) is 36.5 Å². The van der Waals surface area contributed by atoms with E-state index < -0.39 is 0 Å². The fourth-order valence-electron chi connectivity index (χ4n) is 2.78. The van der Waals surface area contributed by atoms with Gasteiger partial charge in [0, 0.05) is 25.4 Å². The van der Waals surface area contributed by atoms with Crippen molar-refractivity contribution in [3.05, 3.63) is 54.2 Å². The minimum absolute atomic E-state index is 0.0213. The second-order valence-corrected chi connectivity index (χ2v) is 5.52. The molecular formula is C17H20N2O3. The number of furan rings is 1. The molecular weight excluding hydrogens is 280 g/mol. The maximum atomic E-state index is 12.2. The molecule has 0 unspecified atom stereocenters. The summed E-state index contributed by atoms with van der Waals surface area (Å²) in [6.07, 6.45) is 9.78. The summed E-state index contributed by atoms with van der Waals surface area (Å²) in [6, 6.07) is 5.80. The van der Waals surface area contributed by atoms with Gasteiger partial charge in [0.2, 0.25) is 5.91 Å². The Labute approximate surface area is 129 Å². The van der Waals surface area contributed by atoms with Crippen LogP contribution in [0, 0.1) is 0 Å². The van der Waals surface area contributed by atoms with Crippen LogP contribution < -0.4 is 5.32 Å². The summed E-state index contributed by atoms with van der Waals surface area (Å²) in [5.74, 6) is 0.0516. The lowest BCUT2D eigenvalue weighted by Crippen LogP contribution is -2.42. The quantitative estimate of drug-likeness (QED) is 0.922. The average Bonchev–Trinajstić information content (AvgIpc) is 3.08. The van der Waals surface area contributed by atoms with Crippen LogP contribution in [0.25, 0.3) is 0 Å². The molecule has 1 fully saturated rings. The van der Waals surface area contributed by atoms with Crippen LogP contribution in [-0.2, 0) is 16.0 Å². The summed E-state index contributed by atoms with van der Waals surface area (Å²) in [5, 5.41) is 3.11. The Morgan fingerprint density at radius 3 is 2.95 bits per heavy atom. The molecule has 0 bridgehead atoms. The minimum Gasteiger partial charge on any atom is -0.472 e. The van der Waals surface area contributed by atoms with Gasteiger partial charge in [0.15, 0.2) is 0 Å². The number of rotatable bonds is 5. The molecule has 3 rings (SSSR count). The lowest BCUT2D eigenvalue weighted by Gasteiger charge is -2.32. The van der Waals surface area contributed by atoms with E-state index in [4.69, 9.17) is 9.15 Å². The Morgan fingerprint density at radius 1 is 1.32 bits per heavy atom. The summed E-state index contributed by atoms with van der Waals surface area (Å²) in [4.78, 5) is 16.2. The van der Waals surface area contributed by atoms with Gasteiger partial charge in [-0.15, -0.1) is 0 Å². The van der Waals surface area contributed by atoms with Crippen molar-refractivity contribution in [3.8, 4) is 0 Å². The zero-order valence-electron chi connectivity index (χ0n) is 12.4. The fourth-order valence-corrected chi connectivity index (χ4v) is 2.78. The highest BCUT2D eigenvalue weighted by atomic mass is 16.5. The number of hydrogen-bond acceptors (Lipinski definition) is 4. The van der Waals surface area contributed by atoms with Crippen molar-refractivity contribution in [2.75, 3.05) is 6.61 Å². The summed E-state index contributed by atoms with van der Waals surface area (Å²) in [5.41, 5.74) is 2.11. The third-order valence-electron chi connectivity index (χ3n) is 3.92. The second kappa shape index (κ2) is 7.22. The van der Waals surface area contributed by atoms with Crippen LogP contribution in [0.2, 0.25) is 0 Å². The molecule has 1 amide bonds. The van der Waals surface area contributed by atoms with Gasteiger partial charge < -0.3 is 14.5 Å². The molecule has 5 nitrogen and oxygen atoms in total. The molecule has 2 atom stereocenters. The number of nitrogens with one attached hydrogen (secondary N) is 1. The van der Waals surface area contributed by atoms with Gasteiger partial charge in [-0.25, -0.2) is 0 Å². The van der Waals surface area contributed by atoms with E-state index in [0.717, 1.165) is 30.6 Å². The molecule has 2 aromatic rings. The first-order valence-electron chi connectivity index (χ1n) is 7.65. The van der Waals surface area contributed by atoms with Crippen LogP contribution in [0.5, 0.6) is 0 Å². The van der Waals surface area contributed by atoms with E-state index in [1.807, 2.05) is 18.2 Å². The maximum Gasteiger partial charge on any atom is 0.220 e. The zero-order chi connectivity index (χ0) is 15.2. The number of aryl methyl sites for hydroxylation is 1. The van der Waals surface area contributed by atoms with Gasteiger partial charge >= 0.3 is 0 Å². The molecule has 0 saturated carbocycles. The number of pyridine rings is 1. The Bertz CT molecular complexity index is 583. The standard InChI is InChI=1S/C17H20N2O3/c20-16(4-3-13-7-11-21-12-13)19-15-2-1-10-22-17(15)14-5-8-18-9-6-14/h5-9,11-12,15,17H,1-4,10H2,(H,19,20)/t15-,17+/m0/s1. The van der Waals surface area contributed by atoms with Gasteiger partial charge in [-0.2, -0.15) is 0 Å². The normalized spacial score (nSPS) is 21.5. The van der Waals surface area contributed by atoms with Gasteiger partial charge in [-0.05, 0) is 48.6 Å². The molecule has 2 aromatic heterocycles. The van der Waals surface area contributed by atoms with E-state index in [1.165, 1.54) is 0 Å². The predicted molar refractivity (Wildman–Crippen MR) is 81.1 cm³/mol. The zero-order valence-corrected chi connectivity index (χ0v) is 12.4. The monoisotopic (exact) mass is 300 g/mol. The van der Waals surface area contributed by atoms with Crippen molar-refractivity contribution in [2.24, 2.45) is 0 Å². The molecule has 0 aromatic carbocycles. The largest absolute Gasteiger partial charge is 0.472 e. The molecule has 0 spiro atoms. The SMILES string of the molecule is O=C(CCc1ccoc1)N[C@H]1CCCO[C@@H]1c1ccncc1. The number of aromatic nitrogens is 1. The highest BCUT2D eigenvalue weighted by molar-refractivity contribution is 5.76. The fraction of sp³-hybridized carbons (Fsp3) is 0.412. The van der Waals surface area contributed by atoms with E-state index in [1.54, 1.807) is 24.9 Å². The number of hydrogen-bond donors (Lipinski definition) is 1. The molecule has 1 aliphatic heterocycles. The van der Waals surface area contributed by atoms with Gasteiger partial charge in [-0.3, -0.25) is 9.78 Å². The third-order valence-corrected chi connectivity index (χ3v) is 3.92. The molecule has 1 N–H and O–H groups in total. The highest BCUT2D eigenvalue weighted by Gasteiger charge is 2.28. The number of carbonyl (C=O) groups is 1. The first kappa shape index (κ1) is 14.8. The second-order valence-electron chi connectivity index (χ2n) is 5.52. The Hall–Kier alpha value is -2.14. The summed E-state index contributed by atoms with van der Waals surface area (Å²) >= 11 is 0. The predicted octanol–water partition coefficient (Wildman–Crippen LogP) is 2.64. The van der Waals surface area contributed by atoms with Crippen molar-refractivity contribution in [1.82, 2.24) is 10.3 Å². The molecule has 3 heterocycles. The number of ether oxygens (including phenoxy) is 1. The highest BCUT2D eigenvalue weighted by Crippen LogP contribution is 2.28. The molecule has 22 heavy (non-hydrogen) atoms. The van der Waals surface area contributed by atoms with E-state index in [0.29, 0.717) is 12.8 Å². The van der Waals surface area contributed by atoms with Gasteiger partial charge in [0.05, 0.1) is 18.6 Å². The smallest absolute Gasteiger partial charge is 0.220 e. The lowest BCUT2D eigenvalue weighted by molar-refractivity contribution is -0.124. The van der Waals surface area contributed by atoms with Gasteiger partial charge in [-0.1, -0.05) is 0 Å². The Balaban J connectivity index is 1.58. The summed E-state index contributed by atoms with van der Waals surface area (Å²) in [7, 11) is 0. The van der Waals surface area contributed by atoms with E-state index in [2.05, 4.69) is 10.3 Å². The molecule has 1 aliphatic rings. The number of amides is 1. The first-order chi connectivity index (χ1) is 10.8. The van der Waals surface area contributed by atoms with Crippen molar-refractivity contribution in [3.63, 3.8) is 0 Å². The van der Waals surface area contributed by atoms with Crippen LogP contribution in [-0.4, -0.2) is 23.5 Å². The Morgan fingerprint density at radius 2 is 2.18 bits per heavy atom. The lowest BCUT2D eigenvalue weighted by atomic mass is 9.96. The van der Waals surface area contributed by atoms with Crippen LogP contribution >= 0.6 is 0 Å². The summed E-state index contributed by atoms with van der Waals surface area (Å²) in [6.45, 7) is 0.731. The topological polar surface area (TPSA) is 64.4 Å². The van der Waals surface area contributed by atoms with E-state index in [-0.39, 0.29) is 18.1 Å². The van der Waals surface area contributed by atoms with Crippen molar-refractivity contribution >= 4 is 5.91 Å². The molecule has 0 radical (unpaired) electrons. The third kappa shape index (κ3) is 3.74. The molecule has 0 aliphatic carbocycles. The van der Waals surface area contributed by atoms with Crippen LogP contribution in [0.3, 0.4) is 0 Å². The van der Waals surface area contributed by atoms with E-state index in [9.17, 15) is 4.79 Å². The number of carbonyl (C=O) groups excluding carboxylic acids is 1. The number of nitrogens with zero attached hydrogens (tertiary/aromatic N) is 1. The maximum absolute atomic E-state index is 12.2. The molecule has 5 heteroatoms. The van der Waals surface area contributed by atoms with E-state index >= 15 is 0 Å². The van der Waals surface area contributed by atoms with Crippen LogP contribution in [0.4, 0.5) is 0 Å². The summed E-state index contributed by atoms with van der Waals surface area (Å²) < 4.78 is 10.9. The van der Waals surface area contributed by atoms with Gasteiger partial charge in [0.25, 0.3) is 0 Å². The molecule has 116 valence electrons. The van der Waals surface area contributed by atoms with Crippen molar-refractivity contribution in [1.29, 1.82) is 0 Å². The Kier molecular flexibility index (Phi) is 4.85. The van der Waals surface area contributed by atoms with Gasteiger partial charge in [0.1, 0.15) is 6.10 Å². The minimum atomic E-state index is -0.0883. The van der Waals surface area contributed by atoms with Crippen molar-refractivity contribution in [2.45, 2.75) is 37.8 Å². The first-order valence-corrected chi connectivity index (χ1v) is 7.65. The molecule has 1 saturated heterocycles. The van der Waals surface area contributed by atoms with Crippen LogP contribution in [0.15, 0.2) is 47.5 Å². The van der Waals surface area contributed by atoms with Crippen molar-refractivity contribution < 1.29 is 13.9 Å².